The fourth-order valence-electron chi connectivity index (χ4n) is 1.67. The van der Waals surface area contributed by atoms with Crippen LogP contribution in [0.4, 0.5) is 4.39 Å². The van der Waals surface area contributed by atoms with Gasteiger partial charge in [-0.15, -0.1) is 0 Å². The Hall–Kier alpha value is -0.540. The third-order valence-electron chi connectivity index (χ3n) is 2.43. The second-order valence-corrected chi connectivity index (χ2v) is 4.40. The largest absolute Gasteiger partial charge is 0.326 e. The molecule has 2 unspecified atom stereocenters. The lowest BCUT2D eigenvalue weighted by Crippen LogP contribution is -2.27. The van der Waals surface area contributed by atoms with Crippen LogP contribution in [0.25, 0.3) is 0 Å². The molecule has 1 nitrogen and oxygen atoms in total. The van der Waals surface area contributed by atoms with E-state index in [0.717, 1.165) is 17.1 Å². The van der Waals surface area contributed by atoms with Gasteiger partial charge < -0.3 is 5.73 Å². The van der Waals surface area contributed by atoms with Crippen LogP contribution in [0.15, 0.2) is 24.3 Å². The Morgan fingerprint density at radius 2 is 2.08 bits per heavy atom. The van der Waals surface area contributed by atoms with Gasteiger partial charge in [-0.3, -0.25) is 0 Å². The van der Waals surface area contributed by atoms with Crippen LogP contribution in [0.5, 0.6) is 0 Å². The van der Waals surface area contributed by atoms with Gasteiger partial charge in [0.1, 0.15) is 5.82 Å². The minimum atomic E-state index is -0.120. The Bertz CT molecular complexity index is 303. The zero-order valence-corrected chi connectivity index (χ0v) is 8.06. The Balaban J connectivity index is 2.29. The van der Waals surface area contributed by atoms with Crippen molar-refractivity contribution in [2.75, 3.05) is 11.5 Å². The maximum atomic E-state index is 13.4. The zero-order chi connectivity index (χ0) is 9.26. The molecule has 1 heterocycles. The summed E-state index contributed by atoms with van der Waals surface area (Å²) in [6, 6.07) is 7.04. The molecule has 2 atom stereocenters. The van der Waals surface area contributed by atoms with Crippen LogP contribution < -0.4 is 5.73 Å². The van der Waals surface area contributed by atoms with E-state index >= 15 is 0 Å². The molecule has 1 saturated heterocycles. The first kappa shape index (κ1) is 9.03. The molecular formula is C10H12FNS. The third kappa shape index (κ3) is 1.71. The molecule has 0 spiro atoms. The van der Waals surface area contributed by atoms with Crippen molar-refractivity contribution in [1.82, 2.24) is 0 Å². The standard InChI is InChI=1S/C10H12FNS/c11-9-4-2-1-3-7(9)8-5-13-6-10(8)12/h1-4,8,10H,5-6,12H2. The molecule has 3 heteroatoms. The summed E-state index contributed by atoms with van der Waals surface area (Å²) < 4.78 is 13.4. The first-order chi connectivity index (χ1) is 6.29. The van der Waals surface area contributed by atoms with E-state index in [1.807, 2.05) is 12.1 Å². The van der Waals surface area contributed by atoms with E-state index in [1.165, 1.54) is 6.07 Å². The first-order valence-electron chi connectivity index (χ1n) is 4.37. The summed E-state index contributed by atoms with van der Waals surface area (Å²) in [4.78, 5) is 0. The summed E-state index contributed by atoms with van der Waals surface area (Å²) in [6.07, 6.45) is 0. The molecule has 1 aromatic rings. The number of hydrogen-bond donors (Lipinski definition) is 1. The van der Waals surface area contributed by atoms with Gasteiger partial charge in [0.05, 0.1) is 0 Å². The van der Waals surface area contributed by atoms with Gasteiger partial charge in [0.25, 0.3) is 0 Å². The van der Waals surface area contributed by atoms with Crippen LogP contribution in [0, 0.1) is 5.82 Å². The third-order valence-corrected chi connectivity index (χ3v) is 3.64. The number of nitrogens with two attached hydrogens (primary N) is 1. The molecule has 70 valence electrons. The quantitative estimate of drug-likeness (QED) is 0.745. The molecule has 1 aliphatic rings. The molecule has 1 aromatic carbocycles. The maximum absolute atomic E-state index is 13.4. The summed E-state index contributed by atoms with van der Waals surface area (Å²) in [5.41, 5.74) is 6.67. The number of hydrogen-bond acceptors (Lipinski definition) is 2. The average molecular weight is 197 g/mol. The molecule has 0 aliphatic carbocycles. The van der Waals surface area contributed by atoms with Crippen molar-refractivity contribution in [3.05, 3.63) is 35.6 Å². The van der Waals surface area contributed by atoms with Gasteiger partial charge in [-0.25, -0.2) is 4.39 Å². The fourth-order valence-corrected chi connectivity index (χ4v) is 2.99. The minimum Gasteiger partial charge on any atom is -0.326 e. The van der Waals surface area contributed by atoms with Crippen LogP contribution in [-0.4, -0.2) is 17.5 Å². The number of rotatable bonds is 1. The Labute approximate surface area is 81.5 Å². The fraction of sp³-hybridized carbons (Fsp3) is 0.400. The van der Waals surface area contributed by atoms with Crippen LogP contribution >= 0.6 is 11.8 Å². The minimum absolute atomic E-state index is 0.113. The van der Waals surface area contributed by atoms with Crippen molar-refractivity contribution in [1.29, 1.82) is 0 Å². The number of thioether (sulfide) groups is 1. The molecule has 0 radical (unpaired) electrons. The molecule has 0 aromatic heterocycles. The highest BCUT2D eigenvalue weighted by atomic mass is 32.2. The van der Waals surface area contributed by atoms with E-state index in [9.17, 15) is 4.39 Å². The smallest absolute Gasteiger partial charge is 0.126 e. The highest BCUT2D eigenvalue weighted by molar-refractivity contribution is 7.99. The van der Waals surface area contributed by atoms with Crippen molar-refractivity contribution in [3.63, 3.8) is 0 Å². The summed E-state index contributed by atoms with van der Waals surface area (Å²) in [7, 11) is 0. The topological polar surface area (TPSA) is 26.0 Å². The monoisotopic (exact) mass is 197 g/mol. The van der Waals surface area contributed by atoms with Gasteiger partial charge in [-0.05, 0) is 11.6 Å². The number of benzene rings is 1. The van der Waals surface area contributed by atoms with Gasteiger partial charge in [0.2, 0.25) is 0 Å². The van der Waals surface area contributed by atoms with Gasteiger partial charge in [-0.1, -0.05) is 18.2 Å². The molecular weight excluding hydrogens is 185 g/mol. The highest BCUT2D eigenvalue weighted by Crippen LogP contribution is 2.32. The second-order valence-electron chi connectivity index (χ2n) is 3.33. The second kappa shape index (κ2) is 3.68. The molecule has 1 aliphatic heterocycles. The predicted octanol–water partition coefficient (Wildman–Crippen LogP) is 1.98. The van der Waals surface area contributed by atoms with Crippen molar-refractivity contribution in [3.8, 4) is 0 Å². The lowest BCUT2D eigenvalue weighted by molar-refractivity contribution is 0.567. The lowest BCUT2D eigenvalue weighted by atomic mass is 9.95. The van der Waals surface area contributed by atoms with Crippen LogP contribution in [0.3, 0.4) is 0 Å². The van der Waals surface area contributed by atoms with E-state index in [1.54, 1.807) is 17.8 Å². The Morgan fingerprint density at radius 3 is 2.69 bits per heavy atom. The molecule has 2 rings (SSSR count). The van der Waals surface area contributed by atoms with Crippen LogP contribution in [0.2, 0.25) is 0 Å². The zero-order valence-electron chi connectivity index (χ0n) is 7.24. The Morgan fingerprint density at radius 1 is 1.31 bits per heavy atom. The van der Waals surface area contributed by atoms with Crippen LogP contribution in [-0.2, 0) is 0 Å². The highest BCUT2D eigenvalue weighted by Gasteiger charge is 2.27. The van der Waals surface area contributed by atoms with Crippen molar-refractivity contribution in [2.45, 2.75) is 12.0 Å². The average Bonchev–Trinajstić information content (AvgIpc) is 2.52. The van der Waals surface area contributed by atoms with Gasteiger partial charge >= 0.3 is 0 Å². The first-order valence-corrected chi connectivity index (χ1v) is 5.52. The normalized spacial score (nSPS) is 27.8. The van der Waals surface area contributed by atoms with Crippen molar-refractivity contribution >= 4 is 11.8 Å². The van der Waals surface area contributed by atoms with E-state index in [0.29, 0.717) is 0 Å². The summed E-state index contributed by atoms with van der Waals surface area (Å²) in [5.74, 6) is 1.97. The maximum Gasteiger partial charge on any atom is 0.126 e. The summed E-state index contributed by atoms with van der Waals surface area (Å²) >= 11 is 1.80. The van der Waals surface area contributed by atoms with E-state index in [2.05, 4.69) is 0 Å². The van der Waals surface area contributed by atoms with E-state index in [-0.39, 0.29) is 17.8 Å². The predicted molar refractivity (Wildman–Crippen MR) is 54.4 cm³/mol. The molecule has 1 fully saturated rings. The van der Waals surface area contributed by atoms with Crippen molar-refractivity contribution < 1.29 is 4.39 Å². The SMILES string of the molecule is NC1CSCC1c1ccccc1F. The molecule has 2 N–H and O–H groups in total. The van der Waals surface area contributed by atoms with Gasteiger partial charge in [0.15, 0.2) is 0 Å². The lowest BCUT2D eigenvalue weighted by Gasteiger charge is -2.14. The number of halogens is 1. The van der Waals surface area contributed by atoms with E-state index in [4.69, 9.17) is 5.73 Å². The Kier molecular flexibility index (Phi) is 2.56. The van der Waals surface area contributed by atoms with Gasteiger partial charge in [0, 0.05) is 23.5 Å². The molecule has 0 bridgehead atoms. The molecule has 13 heavy (non-hydrogen) atoms. The van der Waals surface area contributed by atoms with Crippen molar-refractivity contribution in [2.24, 2.45) is 5.73 Å². The summed E-state index contributed by atoms with van der Waals surface area (Å²) in [6.45, 7) is 0. The van der Waals surface area contributed by atoms with Gasteiger partial charge in [-0.2, -0.15) is 11.8 Å². The van der Waals surface area contributed by atoms with Crippen LogP contribution in [0.1, 0.15) is 11.5 Å². The summed E-state index contributed by atoms with van der Waals surface area (Å²) in [5, 5.41) is 0. The molecule has 0 saturated carbocycles. The van der Waals surface area contributed by atoms with E-state index < -0.39 is 0 Å². The molecule has 0 amide bonds.